The Morgan fingerprint density at radius 3 is 2.82 bits per heavy atom. The second kappa shape index (κ2) is 7.40. The van der Waals surface area contributed by atoms with Gasteiger partial charge >= 0.3 is 0 Å². The van der Waals surface area contributed by atoms with Gasteiger partial charge in [-0.15, -0.1) is 11.8 Å². The second-order valence-corrected chi connectivity index (χ2v) is 5.21. The van der Waals surface area contributed by atoms with E-state index in [0.29, 0.717) is 30.7 Å². The van der Waals surface area contributed by atoms with Crippen molar-refractivity contribution in [3.63, 3.8) is 0 Å². The number of nitrogens with zero attached hydrogens (tertiary/aromatic N) is 1. The number of nitrogens with two attached hydrogens (primary N) is 1. The van der Waals surface area contributed by atoms with Gasteiger partial charge in [0, 0.05) is 12.9 Å². The van der Waals surface area contributed by atoms with Crippen molar-refractivity contribution in [1.29, 1.82) is 0 Å². The summed E-state index contributed by atoms with van der Waals surface area (Å²) in [6, 6.07) is 3.73. The van der Waals surface area contributed by atoms with Crippen LogP contribution >= 0.6 is 11.8 Å². The fourth-order valence-corrected chi connectivity index (χ4v) is 1.88. The molecule has 0 amide bonds. The maximum atomic E-state index is 5.81. The van der Waals surface area contributed by atoms with Crippen molar-refractivity contribution in [3.05, 3.63) is 12.1 Å². The Bertz CT molecular complexity index is 345. The van der Waals surface area contributed by atoms with Gasteiger partial charge in [0.1, 0.15) is 5.03 Å². The molecule has 0 saturated carbocycles. The molecule has 2 N–H and O–H groups in total. The van der Waals surface area contributed by atoms with E-state index in [2.05, 4.69) is 18.8 Å². The predicted octanol–water partition coefficient (Wildman–Crippen LogP) is 2.44. The fraction of sp³-hybridized carbons (Fsp3) is 0.583. The number of hydrogen-bond acceptors (Lipinski definition) is 5. The molecule has 0 aliphatic carbocycles. The zero-order valence-electron chi connectivity index (χ0n) is 10.6. The Balaban J connectivity index is 2.59. The van der Waals surface area contributed by atoms with E-state index in [0.717, 1.165) is 10.8 Å². The highest BCUT2D eigenvalue weighted by molar-refractivity contribution is 7.99. The SMILES string of the molecule is COCCSc1ccc(N)c(OCC(C)C)n1. The lowest BCUT2D eigenvalue weighted by atomic mass is 10.2. The maximum Gasteiger partial charge on any atom is 0.238 e. The van der Waals surface area contributed by atoms with Gasteiger partial charge in [-0.2, -0.15) is 0 Å². The van der Waals surface area contributed by atoms with Crippen molar-refractivity contribution in [1.82, 2.24) is 4.98 Å². The van der Waals surface area contributed by atoms with Gasteiger partial charge in [0.05, 0.1) is 18.9 Å². The van der Waals surface area contributed by atoms with Crippen LogP contribution in [0.25, 0.3) is 0 Å². The number of nitrogen functional groups attached to an aromatic ring is 1. The van der Waals surface area contributed by atoms with Gasteiger partial charge in [0.2, 0.25) is 5.88 Å². The number of ether oxygens (including phenoxy) is 2. The first-order chi connectivity index (χ1) is 8.13. The number of rotatable bonds is 7. The molecule has 1 heterocycles. The summed E-state index contributed by atoms with van der Waals surface area (Å²) in [5.74, 6) is 1.86. The summed E-state index contributed by atoms with van der Waals surface area (Å²) >= 11 is 1.63. The van der Waals surface area contributed by atoms with Crippen LogP contribution in [-0.4, -0.2) is 31.1 Å². The summed E-state index contributed by atoms with van der Waals surface area (Å²) in [6.07, 6.45) is 0. The quantitative estimate of drug-likeness (QED) is 0.600. The van der Waals surface area contributed by atoms with Crippen LogP contribution in [0.5, 0.6) is 5.88 Å². The highest BCUT2D eigenvalue weighted by atomic mass is 32.2. The maximum absolute atomic E-state index is 5.81. The number of hydrogen-bond donors (Lipinski definition) is 1. The Kier molecular flexibility index (Phi) is 6.15. The van der Waals surface area contributed by atoms with E-state index in [9.17, 15) is 0 Å². The van der Waals surface area contributed by atoms with Gasteiger partial charge in [0.15, 0.2) is 0 Å². The number of anilines is 1. The van der Waals surface area contributed by atoms with Gasteiger partial charge in [-0.1, -0.05) is 13.8 Å². The molecule has 96 valence electrons. The fourth-order valence-electron chi connectivity index (χ4n) is 1.11. The lowest BCUT2D eigenvalue weighted by molar-refractivity contribution is 0.218. The lowest BCUT2D eigenvalue weighted by Crippen LogP contribution is -2.07. The third kappa shape index (κ3) is 5.28. The summed E-state index contributed by atoms with van der Waals surface area (Å²) in [5.41, 5.74) is 6.39. The Hall–Kier alpha value is -0.940. The van der Waals surface area contributed by atoms with Crippen molar-refractivity contribution in [2.24, 2.45) is 5.92 Å². The van der Waals surface area contributed by atoms with Crippen LogP contribution in [0.15, 0.2) is 17.2 Å². The van der Waals surface area contributed by atoms with E-state index in [4.69, 9.17) is 15.2 Å². The molecule has 0 atom stereocenters. The van der Waals surface area contributed by atoms with Crippen LogP contribution in [0.3, 0.4) is 0 Å². The minimum Gasteiger partial charge on any atom is -0.476 e. The minimum absolute atomic E-state index is 0.459. The monoisotopic (exact) mass is 256 g/mol. The third-order valence-corrected chi connectivity index (χ3v) is 2.85. The molecule has 0 radical (unpaired) electrons. The molecule has 5 heteroatoms. The number of thioether (sulfide) groups is 1. The number of pyridine rings is 1. The smallest absolute Gasteiger partial charge is 0.238 e. The average molecular weight is 256 g/mol. The zero-order valence-corrected chi connectivity index (χ0v) is 11.4. The Morgan fingerprint density at radius 2 is 2.18 bits per heavy atom. The zero-order chi connectivity index (χ0) is 12.7. The van der Waals surface area contributed by atoms with Gasteiger partial charge in [0.25, 0.3) is 0 Å². The molecule has 1 aromatic rings. The minimum atomic E-state index is 0.459. The van der Waals surface area contributed by atoms with Crippen LogP contribution in [0.2, 0.25) is 0 Å². The van der Waals surface area contributed by atoms with E-state index < -0.39 is 0 Å². The highest BCUT2D eigenvalue weighted by Gasteiger charge is 2.06. The van der Waals surface area contributed by atoms with E-state index in [-0.39, 0.29) is 0 Å². The lowest BCUT2D eigenvalue weighted by Gasteiger charge is -2.11. The van der Waals surface area contributed by atoms with Crippen LogP contribution in [-0.2, 0) is 4.74 Å². The highest BCUT2D eigenvalue weighted by Crippen LogP contribution is 2.24. The molecule has 1 rings (SSSR count). The summed E-state index contributed by atoms with van der Waals surface area (Å²) in [7, 11) is 1.69. The molecule has 0 fully saturated rings. The molecule has 0 aliphatic rings. The Morgan fingerprint density at radius 1 is 1.41 bits per heavy atom. The number of methoxy groups -OCH3 is 1. The van der Waals surface area contributed by atoms with Crippen LogP contribution in [0.4, 0.5) is 5.69 Å². The summed E-state index contributed by atoms with van der Waals surface area (Å²) in [4.78, 5) is 4.38. The molecule has 1 aromatic heterocycles. The molecule has 0 aliphatic heterocycles. The first-order valence-corrected chi connectivity index (χ1v) is 6.63. The van der Waals surface area contributed by atoms with Gasteiger partial charge in [-0.25, -0.2) is 4.98 Å². The second-order valence-electron chi connectivity index (χ2n) is 4.09. The van der Waals surface area contributed by atoms with Crippen molar-refractivity contribution < 1.29 is 9.47 Å². The van der Waals surface area contributed by atoms with Crippen LogP contribution in [0, 0.1) is 5.92 Å². The van der Waals surface area contributed by atoms with Crippen molar-refractivity contribution in [2.75, 3.05) is 31.8 Å². The summed E-state index contributed by atoms with van der Waals surface area (Å²) in [5, 5.41) is 0.912. The molecule has 0 bridgehead atoms. The normalized spacial score (nSPS) is 10.8. The average Bonchev–Trinajstić information content (AvgIpc) is 2.29. The molecule has 17 heavy (non-hydrogen) atoms. The molecule has 4 nitrogen and oxygen atoms in total. The molecular formula is C12H20N2O2S. The van der Waals surface area contributed by atoms with Gasteiger partial charge in [-0.05, 0) is 18.1 Å². The van der Waals surface area contributed by atoms with E-state index >= 15 is 0 Å². The third-order valence-electron chi connectivity index (χ3n) is 1.95. The van der Waals surface area contributed by atoms with Crippen molar-refractivity contribution in [2.45, 2.75) is 18.9 Å². The van der Waals surface area contributed by atoms with E-state index in [1.165, 1.54) is 0 Å². The first kappa shape index (κ1) is 14.1. The van der Waals surface area contributed by atoms with Crippen LogP contribution < -0.4 is 10.5 Å². The molecule has 0 saturated heterocycles. The van der Waals surface area contributed by atoms with E-state index in [1.807, 2.05) is 12.1 Å². The predicted molar refractivity (Wildman–Crippen MR) is 71.6 cm³/mol. The van der Waals surface area contributed by atoms with Gasteiger partial charge in [-0.3, -0.25) is 0 Å². The topological polar surface area (TPSA) is 57.4 Å². The first-order valence-electron chi connectivity index (χ1n) is 5.64. The molecule has 0 aromatic carbocycles. The Labute approximate surface area is 107 Å². The standard InChI is InChI=1S/C12H20N2O2S/c1-9(2)8-16-12-10(13)4-5-11(14-12)17-7-6-15-3/h4-5,9H,6-8,13H2,1-3H3. The van der Waals surface area contributed by atoms with Gasteiger partial charge < -0.3 is 15.2 Å². The summed E-state index contributed by atoms with van der Waals surface area (Å²) in [6.45, 7) is 5.52. The van der Waals surface area contributed by atoms with Crippen LogP contribution in [0.1, 0.15) is 13.8 Å². The molecule has 0 spiro atoms. The van der Waals surface area contributed by atoms with Crippen molar-refractivity contribution in [3.8, 4) is 5.88 Å². The molecule has 0 unspecified atom stereocenters. The number of aromatic nitrogens is 1. The van der Waals surface area contributed by atoms with Crippen molar-refractivity contribution >= 4 is 17.4 Å². The molecular weight excluding hydrogens is 236 g/mol. The van der Waals surface area contributed by atoms with E-state index in [1.54, 1.807) is 18.9 Å². The summed E-state index contributed by atoms with van der Waals surface area (Å²) < 4.78 is 10.6. The largest absolute Gasteiger partial charge is 0.476 e.